The van der Waals surface area contributed by atoms with Crippen molar-refractivity contribution in [2.75, 3.05) is 13.1 Å². The Morgan fingerprint density at radius 3 is 3.00 bits per heavy atom. The topological polar surface area (TPSA) is 60.1 Å². The van der Waals surface area contributed by atoms with E-state index >= 15 is 0 Å². The van der Waals surface area contributed by atoms with Crippen LogP contribution in [-0.4, -0.2) is 22.6 Å². The van der Waals surface area contributed by atoms with Crippen molar-refractivity contribution in [1.29, 1.82) is 0 Å². The lowest BCUT2D eigenvalue weighted by Crippen LogP contribution is -2.17. The molecule has 0 radical (unpaired) electrons. The molecular formula is C14H15N3O2. The summed E-state index contributed by atoms with van der Waals surface area (Å²) in [7, 11) is 0. The van der Waals surface area contributed by atoms with Crippen LogP contribution in [0.1, 0.15) is 11.3 Å². The molecule has 0 unspecified atom stereocenters. The fraction of sp³-hybridized carbons (Fsp3) is 0.286. The van der Waals surface area contributed by atoms with Crippen molar-refractivity contribution in [1.82, 2.24) is 9.88 Å². The van der Waals surface area contributed by atoms with Gasteiger partial charge in [-0.1, -0.05) is 18.2 Å². The number of fused-ring (bicyclic) bond motifs is 3. The van der Waals surface area contributed by atoms with Crippen molar-refractivity contribution in [2.45, 2.75) is 13.0 Å². The first-order chi connectivity index (χ1) is 9.27. The zero-order valence-corrected chi connectivity index (χ0v) is 10.5. The monoisotopic (exact) mass is 257 g/mol. The Labute approximate surface area is 110 Å². The molecule has 1 N–H and O–H groups in total. The van der Waals surface area contributed by atoms with Gasteiger partial charge in [0.25, 0.3) is 0 Å². The molecule has 1 aliphatic rings. The summed E-state index contributed by atoms with van der Waals surface area (Å²) >= 11 is 0. The molecular weight excluding hydrogens is 242 g/mol. The predicted octanol–water partition coefficient (Wildman–Crippen LogP) is 2.03. The highest BCUT2D eigenvalue weighted by molar-refractivity contribution is 5.91. The standard InChI is InChI=1S/C14H15N3O2/c18-17(19)9-6-12-11-3-1-2-4-13(11)16-10-8-15-7-5-14(12)16/h1-4,6,9,15H,5,7-8,10H2/b9-6+. The first-order valence-corrected chi connectivity index (χ1v) is 6.40. The van der Waals surface area contributed by atoms with Crippen LogP contribution in [0.25, 0.3) is 17.0 Å². The number of rotatable bonds is 2. The number of nitrogens with one attached hydrogen (secondary N) is 1. The molecule has 3 rings (SSSR count). The smallest absolute Gasteiger partial charge is 0.235 e. The molecule has 1 aliphatic heterocycles. The SMILES string of the molecule is O=[N+]([O-])/C=C/c1c2n(c3ccccc13)CCNCC2. The first-order valence-electron chi connectivity index (χ1n) is 6.40. The molecule has 1 aromatic carbocycles. The van der Waals surface area contributed by atoms with Crippen LogP contribution in [0.15, 0.2) is 30.5 Å². The van der Waals surface area contributed by atoms with Crippen molar-refractivity contribution in [2.24, 2.45) is 0 Å². The number of hydrogen-bond acceptors (Lipinski definition) is 3. The van der Waals surface area contributed by atoms with Crippen LogP contribution in [-0.2, 0) is 13.0 Å². The third-order valence-corrected chi connectivity index (χ3v) is 3.54. The summed E-state index contributed by atoms with van der Waals surface area (Å²) < 4.78 is 2.27. The van der Waals surface area contributed by atoms with Crippen molar-refractivity contribution < 1.29 is 4.92 Å². The van der Waals surface area contributed by atoms with E-state index in [-0.39, 0.29) is 0 Å². The van der Waals surface area contributed by atoms with Gasteiger partial charge in [0.1, 0.15) is 0 Å². The highest BCUT2D eigenvalue weighted by Gasteiger charge is 2.17. The molecule has 2 aromatic rings. The second kappa shape index (κ2) is 4.85. The minimum Gasteiger partial charge on any atom is -0.343 e. The Morgan fingerprint density at radius 2 is 2.16 bits per heavy atom. The largest absolute Gasteiger partial charge is 0.343 e. The van der Waals surface area contributed by atoms with Crippen LogP contribution < -0.4 is 5.32 Å². The summed E-state index contributed by atoms with van der Waals surface area (Å²) in [6.45, 7) is 2.75. The second-order valence-corrected chi connectivity index (χ2v) is 4.63. The molecule has 1 aromatic heterocycles. The Kier molecular flexibility index (Phi) is 3.05. The molecule has 98 valence electrons. The summed E-state index contributed by atoms with van der Waals surface area (Å²) in [6.07, 6.45) is 3.55. The van der Waals surface area contributed by atoms with Gasteiger partial charge in [0.15, 0.2) is 0 Å². The second-order valence-electron chi connectivity index (χ2n) is 4.63. The van der Waals surface area contributed by atoms with Gasteiger partial charge in [-0.3, -0.25) is 10.1 Å². The molecule has 0 atom stereocenters. The summed E-state index contributed by atoms with van der Waals surface area (Å²) in [6, 6.07) is 8.09. The van der Waals surface area contributed by atoms with E-state index in [1.807, 2.05) is 18.2 Å². The minimum atomic E-state index is -0.409. The number of hydrogen-bond donors (Lipinski definition) is 1. The fourth-order valence-electron chi connectivity index (χ4n) is 2.75. The van der Waals surface area contributed by atoms with Crippen LogP contribution in [0.2, 0.25) is 0 Å². The van der Waals surface area contributed by atoms with E-state index < -0.39 is 4.92 Å². The van der Waals surface area contributed by atoms with E-state index in [1.165, 1.54) is 5.69 Å². The maximum Gasteiger partial charge on any atom is 0.235 e. The van der Waals surface area contributed by atoms with Gasteiger partial charge in [-0.25, -0.2) is 0 Å². The van der Waals surface area contributed by atoms with Gasteiger partial charge in [-0.15, -0.1) is 0 Å². The first kappa shape index (κ1) is 11.9. The molecule has 0 aliphatic carbocycles. The van der Waals surface area contributed by atoms with E-state index in [1.54, 1.807) is 6.08 Å². The molecule has 0 saturated heterocycles. The Balaban J connectivity index is 2.23. The molecule has 0 spiro atoms. The maximum absolute atomic E-state index is 10.6. The third-order valence-electron chi connectivity index (χ3n) is 3.54. The lowest BCUT2D eigenvalue weighted by Gasteiger charge is -2.05. The lowest BCUT2D eigenvalue weighted by molar-refractivity contribution is -0.400. The molecule has 19 heavy (non-hydrogen) atoms. The van der Waals surface area contributed by atoms with Gasteiger partial charge < -0.3 is 9.88 Å². The normalized spacial score (nSPS) is 15.6. The number of para-hydroxylation sites is 1. The molecule has 0 saturated carbocycles. The van der Waals surface area contributed by atoms with Crippen molar-refractivity contribution in [3.63, 3.8) is 0 Å². The fourth-order valence-corrected chi connectivity index (χ4v) is 2.75. The van der Waals surface area contributed by atoms with Gasteiger partial charge in [-0.05, 0) is 6.07 Å². The Bertz CT molecular complexity index is 658. The highest BCUT2D eigenvalue weighted by atomic mass is 16.6. The van der Waals surface area contributed by atoms with Gasteiger partial charge in [0, 0.05) is 54.3 Å². The third kappa shape index (κ3) is 2.13. The van der Waals surface area contributed by atoms with E-state index in [9.17, 15) is 10.1 Å². The Morgan fingerprint density at radius 1 is 1.32 bits per heavy atom. The highest BCUT2D eigenvalue weighted by Crippen LogP contribution is 2.28. The molecule has 0 bridgehead atoms. The van der Waals surface area contributed by atoms with Gasteiger partial charge in [0.05, 0.1) is 4.92 Å². The van der Waals surface area contributed by atoms with Crippen molar-refractivity contribution >= 4 is 17.0 Å². The average Bonchev–Trinajstić information content (AvgIpc) is 2.56. The van der Waals surface area contributed by atoms with Gasteiger partial charge in [-0.2, -0.15) is 0 Å². The summed E-state index contributed by atoms with van der Waals surface area (Å²) in [5.74, 6) is 0. The molecule has 0 amide bonds. The maximum atomic E-state index is 10.6. The van der Waals surface area contributed by atoms with E-state index in [4.69, 9.17) is 0 Å². The molecule has 5 nitrogen and oxygen atoms in total. The summed E-state index contributed by atoms with van der Waals surface area (Å²) in [5, 5.41) is 15.0. The summed E-state index contributed by atoms with van der Waals surface area (Å²) in [4.78, 5) is 10.2. The van der Waals surface area contributed by atoms with Crippen LogP contribution in [0.3, 0.4) is 0 Å². The van der Waals surface area contributed by atoms with Crippen LogP contribution in [0.5, 0.6) is 0 Å². The Hall–Kier alpha value is -2.14. The van der Waals surface area contributed by atoms with Crippen molar-refractivity contribution in [3.05, 3.63) is 51.8 Å². The number of nitrogens with zero attached hydrogens (tertiary/aromatic N) is 2. The zero-order valence-electron chi connectivity index (χ0n) is 10.5. The lowest BCUT2D eigenvalue weighted by atomic mass is 10.1. The van der Waals surface area contributed by atoms with Gasteiger partial charge >= 0.3 is 0 Å². The predicted molar refractivity (Wildman–Crippen MR) is 74.5 cm³/mol. The van der Waals surface area contributed by atoms with Crippen LogP contribution >= 0.6 is 0 Å². The molecule has 5 heteroatoms. The van der Waals surface area contributed by atoms with Gasteiger partial charge in [0.2, 0.25) is 6.20 Å². The number of nitro groups is 1. The average molecular weight is 257 g/mol. The van der Waals surface area contributed by atoms with Crippen LogP contribution in [0.4, 0.5) is 0 Å². The summed E-state index contributed by atoms with van der Waals surface area (Å²) in [5.41, 5.74) is 3.32. The number of aromatic nitrogens is 1. The van der Waals surface area contributed by atoms with E-state index in [0.717, 1.165) is 48.7 Å². The molecule has 0 fully saturated rings. The molecule has 2 heterocycles. The quantitative estimate of drug-likeness (QED) is 0.661. The zero-order chi connectivity index (χ0) is 13.2. The minimum absolute atomic E-state index is 0.409. The number of benzene rings is 1. The van der Waals surface area contributed by atoms with Crippen molar-refractivity contribution in [3.8, 4) is 0 Å². The van der Waals surface area contributed by atoms with E-state index in [0.29, 0.717) is 0 Å². The van der Waals surface area contributed by atoms with Crippen LogP contribution in [0, 0.1) is 10.1 Å². The van der Waals surface area contributed by atoms with E-state index in [2.05, 4.69) is 16.0 Å².